The Balaban J connectivity index is 1.92. The summed E-state index contributed by atoms with van der Waals surface area (Å²) in [6, 6.07) is 3.88. The van der Waals surface area contributed by atoms with E-state index in [0.717, 1.165) is 24.9 Å². The van der Waals surface area contributed by atoms with Crippen molar-refractivity contribution < 1.29 is 4.79 Å². The molecule has 2 heterocycles. The average Bonchev–Trinajstić information content (AvgIpc) is 2.83. The summed E-state index contributed by atoms with van der Waals surface area (Å²) in [5, 5.41) is 6.20. The van der Waals surface area contributed by atoms with Gasteiger partial charge in [0.25, 0.3) is 0 Å². The maximum atomic E-state index is 11.8. The first kappa shape index (κ1) is 11.1. The first-order chi connectivity index (χ1) is 7.77. The molecule has 1 aliphatic heterocycles. The van der Waals surface area contributed by atoms with Crippen LogP contribution >= 0.6 is 0 Å². The molecule has 0 spiro atoms. The lowest BCUT2D eigenvalue weighted by molar-refractivity contribution is -0.123. The van der Waals surface area contributed by atoms with Crippen LogP contribution in [0.15, 0.2) is 24.5 Å². The number of nitrogens with one attached hydrogen (secondary N) is 2. The van der Waals surface area contributed by atoms with Crippen molar-refractivity contribution in [2.75, 3.05) is 6.54 Å². The summed E-state index contributed by atoms with van der Waals surface area (Å²) in [5.41, 5.74) is 1.08. The normalized spacial score (nSPS) is 21.7. The van der Waals surface area contributed by atoms with Gasteiger partial charge < -0.3 is 10.6 Å². The molecule has 2 N–H and O–H groups in total. The Bertz CT molecular complexity index is 347. The molecule has 0 bridgehead atoms. The van der Waals surface area contributed by atoms with Gasteiger partial charge in [0.15, 0.2) is 0 Å². The highest BCUT2D eigenvalue weighted by atomic mass is 16.2. The van der Waals surface area contributed by atoms with Gasteiger partial charge in [-0.3, -0.25) is 9.78 Å². The van der Waals surface area contributed by atoms with E-state index in [9.17, 15) is 4.79 Å². The largest absolute Gasteiger partial charge is 0.348 e. The van der Waals surface area contributed by atoms with Crippen LogP contribution in [0.1, 0.15) is 31.4 Å². The van der Waals surface area contributed by atoms with Crippen LogP contribution < -0.4 is 10.6 Å². The van der Waals surface area contributed by atoms with Gasteiger partial charge >= 0.3 is 0 Å². The number of carbonyl (C=O) groups excluding carboxylic acids is 1. The summed E-state index contributed by atoms with van der Waals surface area (Å²) in [6.07, 6.45) is 5.51. The third-order valence-electron chi connectivity index (χ3n) is 2.94. The van der Waals surface area contributed by atoms with Crippen molar-refractivity contribution >= 4 is 5.91 Å². The van der Waals surface area contributed by atoms with E-state index in [0.29, 0.717) is 0 Å². The van der Waals surface area contributed by atoms with E-state index in [2.05, 4.69) is 15.6 Å². The quantitative estimate of drug-likeness (QED) is 0.797. The van der Waals surface area contributed by atoms with Crippen LogP contribution in [0, 0.1) is 0 Å². The predicted molar refractivity (Wildman–Crippen MR) is 61.8 cm³/mol. The van der Waals surface area contributed by atoms with Crippen molar-refractivity contribution in [3.8, 4) is 0 Å². The monoisotopic (exact) mass is 219 g/mol. The van der Waals surface area contributed by atoms with Crippen LogP contribution in [0.5, 0.6) is 0 Å². The van der Waals surface area contributed by atoms with Crippen LogP contribution in [0.25, 0.3) is 0 Å². The first-order valence-electron chi connectivity index (χ1n) is 5.71. The van der Waals surface area contributed by atoms with Gasteiger partial charge in [-0.05, 0) is 44.0 Å². The molecule has 2 atom stereocenters. The molecule has 0 saturated carbocycles. The fraction of sp³-hybridized carbons (Fsp3) is 0.500. The average molecular weight is 219 g/mol. The van der Waals surface area contributed by atoms with Gasteiger partial charge in [0, 0.05) is 12.4 Å². The molecule has 1 aliphatic rings. The molecule has 1 amide bonds. The van der Waals surface area contributed by atoms with Crippen molar-refractivity contribution in [1.29, 1.82) is 0 Å². The predicted octanol–water partition coefficient (Wildman–Crippen LogP) is 1.01. The minimum absolute atomic E-state index is 0.00992. The van der Waals surface area contributed by atoms with E-state index in [1.54, 1.807) is 12.4 Å². The first-order valence-corrected chi connectivity index (χ1v) is 5.71. The fourth-order valence-electron chi connectivity index (χ4n) is 1.96. The van der Waals surface area contributed by atoms with E-state index in [1.807, 2.05) is 19.1 Å². The van der Waals surface area contributed by atoms with Crippen molar-refractivity contribution in [3.05, 3.63) is 30.1 Å². The van der Waals surface area contributed by atoms with E-state index in [4.69, 9.17) is 0 Å². The molecule has 4 nitrogen and oxygen atoms in total. The summed E-state index contributed by atoms with van der Waals surface area (Å²) in [4.78, 5) is 15.8. The Hall–Kier alpha value is -1.42. The number of hydrogen-bond acceptors (Lipinski definition) is 3. The topological polar surface area (TPSA) is 54.0 Å². The van der Waals surface area contributed by atoms with Gasteiger partial charge in [0.05, 0.1) is 12.1 Å². The second-order valence-electron chi connectivity index (χ2n) is 4.16. The Morgan fingerprint density at radius 1 is 1.56 bits per heavy atom. The van der Waals surface area contributed by atoms with E-state index in [1.165, 1.54) is 0 Å². The van der Waals surface area contributed by atoms with E-state index in [-0.39, 0.29) is 18.0 Å². The van der Waals surface area contributed by atoms with Crippen LogP contribution in [0.4, 0.5) is 0 Å². The smallest absolute Gasteiger partial charge is 0.237 e. The molecule has 0 aliphatic carbocycles. The van der Waals surface area contributed by atoms with E-state index < -0.39 is 0 Å². The van der Waals surface area contributed by atoms with Crippen LogP contribution in [0.3, 0.4) is 0 Å². The lowest BCUT2D eigenvalue weighted by atomic mass is 10.1. The summed E-state index contributed by atoms with van der Waals surface area (Å²) in [7, 11) is 0. The van der Waals surface area contributed by atoms with Gasteiger partial charge in [-0.15, -0.1) is 0 Å². The van der Waals surface area contributed by atoms with Crippen LogP contribution in [-0.4, -0.2) is 23.5 Å². The van der Waals surface area contributed by atoms with Gasteiger partial charge in [0.1, 0.15) is 0 Å². The number of nitrogens with zero attached hydrogens (tertiary/aromatic N) is 1. The number of amides is 1. The second kappa shape index (κ2) is 5.07. The number of hydrogen-bond donors (Lipinski definition) is 2. The Morgan fingerprint density at radius 3 is 2.94 bits per heavy atom. The molecule has 2 rings (SSSR count). The Morgan fingerprint density at radius 2 is 2.31 bits per heavy atom. The molecule has 86 valence electrons. The zero-order valence-electron chi connectivity index (χ0n) is 9.44. The number of rotatable bonds is 3. The lowest BCUT2D eigenvalue weighted by Gasteiger charge is -2.17. The summed E-state index contributed by atoms with van der Waals surface area (Å²) >= 11 is 0. The Labute approximate surface area is 95.5 Å². The molecular formula is C12H17N3O. The maximum Gasteiger partial charge on any atom is 0.237 e. The second-order valence-corrected chi connectivity index (χ2v) is 4.16. The summed E-state index contributed by atoms with van der Waals surface area (Å²) < 4.78 is 0. The SMILES string of the molecule is CC(NC(=O)C1CCCN1)c1ccncc1. The van der Waals surface area contributed by atoms with Crippen molar-refractivity contribution in [2.45, 2.75) is 31.8 Å². The molecule has 0 radical (unpaired) electrons. The zero-order valence-corrected chi connectivity index (χ0v) is 9.44. The Kier molecular flexibility index (Phi) is 3.51. The standard InChI is InChI=1S/C12H17N3O/c1-9(10-4-7-13-8-5-10)15-12(16)11-3-2-6-14-11/h4-5,7-9,11,14H,2-3,6H2,1H3,(H,15,16). The highest BCUT2D eigenvalue weighted by Gasteiger charge is 2.23. The minimum Gasteiger partial charge on any atom is -0.348 e. The highest BCUT2D eigenvalue weighted by Crippen LogP contribution is 2.12. The van der Waals surface area contributed by atoms with Crippen molar-refractivity contribution in [3.63, 3.8) is 0 Å². The molecule has 1 fully saturated rings. The van der Waals surface area contributed by atoms with Gasteiger partial charge in [-0.25, -0.2) is 0 Å². The highest BCUT2D eigenvalue weighted by molar-refractivity contribution is 5.82. The van der Waals surface area contributed by atoms with Gasteiger partial charge in [-0.1, -0.05) is 0 Å². The van der Waals surface area contributed by atoms with Crippen LogP contribution in [0.2, 0.25) is 0 Å². The third kappa shape index (κ3) is 2.58. The molecule has 1 aromatic rings. The molecule has 16 heavy (non-hydrogen) atoms. The van der Waals surface area contributed by atoms with E-state index >= 15 is 0 Å². The zero-order chi connectivity index (χ0) is 11.4. The molecule has 0 aromatic carbocycles. The molecular weight excluding hydrogens is 202 g/mol. The number of aromatic nitrogens is 1. The van der Waals surface area contributed by atoms with Crippen molar-refractivity contribution in [2.24, 2.45) is 0 Å². The summed E-state index contributed by atoms with van der Waals surface area (Å²) in [5.74, 6) is 0.0989. The lowest BCUT2D eigenvalue weighted by Crippen LogP contribution is -2.41. The molecule has 4 heteroatoms. The third-order valence-corrected chi connectivity index (χ3v) is 2.94. The maximum absolute atomic E-state index is 11.8. The molecule has 2 unspecified atom stereocenters. The molecule has 1 saturated heterocycles. The summed E-state index contributed by atoms with van der Waals surface area (Å²) in [6.45, 7) is 2.93. The van der Waals surface area contributed by atoms with Crippen LogP contribution in [-0.2, 0) is 4.79 Å². The van der Waals surface area contributed by atoms with Gasteiger partial charge in [-0.2, -0.15) is 0 Å². The number of pyridine rings is 1. The van der Waals surface area contributed by atoms with Crippen molar-refractivity contribution in [1.82, 2.24) is 15.6 Å². The minimum atomic E-state index is -0.00992. The van der Waals surface area contributed by atoms with Gasteiger partial charge in [0.2, 0.25) is 5.91 Å². The fourth-order valence-corrected chi connectivity index (χ4v) is 1.96. The number of carbonyl (C=O) groups is 1. The molecule has 1 aromatic heterocycles.